The van der Waals surface area contributed by atoms with Crippen LogP contribution in [0.3, 0.4) is 0 Å². The molecule has 3 heterocycles. The second-order valence-corrected chi connectivity index (χ2v) is 7.32. The van der Waals surface area contributed by atoms with Gasteiger partial charge in [0.15, 0.2) is 0 Å². The van der Waals surface area contributed by atoms with Crippen molar-refractivity contribution in [3.05, 3.63) is 27.9 Å². The summed E-state index contributed by atoms with van der Waals surface area (Å²) in [6.45, 7) is 7.93. The van der Waals surface area contributed by atoms with Gasteiger partial charge < -0.3 is 5.32 Å². The third-order valence-electron chi connectivity index (χ3n) is 4.13. The molecule has 114 valence electrons. The fourth-order valence-corrected chi connectivity index (χ4v) is 4.39. The molecule has 1 aliphatic heterocycles. The summed E-state index contributed by atoms with van der Waals surface area (Å²) >= 11 is 3.50. The van der Waals surface area contributed by atoms with Gasteiger partial charge >= 0.3 is 0 Å². The molecule has 3 nitrogen and oxygen atoms in total. The van der Waals surface area contributed by atoms with Crippen molar-refractivity contribution >= 4 is 22.7 Å². The van der Waals surface area contributed by atoms with Crippen molar-refractivity contribution in [3.63, 3.8) is 0 Å². The van der Waals surface area contributed by atoms with Crippen molar-refractivity contribution in [2.45, 2.75) is 26.3 Å². The molecule has 1 aliphatic rings. The number of thiazole rings is 1. The molecule has 2 aromatic heterocycles. The topological polar surface area (TPSA) is 28.2 Å². The molecule has 0 radical (unpaired) electrons. The second-order valence-electron chi connectivity index (χ2n) is 5.68. The van der Waals surface area contributed by atoms with E-state index in [4.69, 9.17) is 4.98 Å². The zero-order chi connectivity index (χ0) is 14.5. The quantitative estimate of drug-likeness (QED) is 0.879. The van der Waals surface area contributed by atoms with E-state index in [1.165, 1.54) is 43.7 Å². The average molecular weight is 322 g/mol. The molecule has 0 aromatic carbocycles. The molecule has 2 aromatic rings. The molecule has 5 heteroatoms. The summed E-state index contributed by atoms with van der Waals surface area (Å²) in [7, 11) is 0. The first-order chi connectivity index (χ1) is 10.3. The molecule has 0 bridgehead atoms. The maximum absolute atomic E-state index is 4.80. The van der Waals surface area contributed by atoms with Gasteiger partial charge in [0.25, 0.3) is 0 Å². The zero-order valence-corrected chi connectivity index (χ0v) is 14.2. The molecule has 3 rings (SSSR count). The Labute approximate surface area is 135 Å². The highest BCUT2D eigenvalue weighted by Gasteiger charge is 2.17. The van der Waals surface area contributed by atoms with E-state index in [1.807, 2.05) is 0 Å². The van der Waals surface area contributed by atoms with E-state index in [0.717, 1.165) is 24.0 Å². The summed E-state index contributed by atoms with van der Waals surface area (Å²) in [6, 6.07) is 2.15. The van der Waals surface area contributed by atoms with Crippen molar-refractivity contribution in [2.75, 3.05) is 26.2 Å². The minimum absolute atomic E-state index is 0.848. The maximum Gasteiger partial charge on any atom is 0.124 e. The van der Waals surface area contributed by atoms with Gasteiger partial charge in [-0.25, -0.2) is 4.98 Å². The fourth-order valence-electron chi connectivity index (χ4n) is 2.86. The molecule has 21 heavy (non-hydrogen) atoms. The SMILES string of the molecule is CCN(Cc1csc(-c2ccsc2)n1)CC1CCNCC1. The number of hydrogen-bond acceptors (Lipinski definition) is 5. The Morgan fingerprint density at radius 3 is 2.90 bits per heavy atom. The lowest BCUT2D eigenvalue weighted by molar-refractivity contribution is 0.205. The highest BCUT2D eigenvalue weighted by molar-refractivity contribution is 7.14. The smallest absolute Gasteiger partial charge is 0.124 e. The normalized spacial score (nSPS) is 16.7. The van der Waals surface area contributed by atoms with Gasteiger partial charge in [-0.3, -0.25) is 4.90 Å². The van der Waals surface area contributed by atoms with Gasteiger partial charge in [-0.2, -0.15) is 11.3 Å². The predicted molar refractivity (Wildman–Crippen MR) is 92.0 cm³/mol. The monoisotopic (exact) mass is 321 g/mol. The van der Waals surface area contributed by atoms with Gasteiger partial charge in [-0.05, 0) is 49.8 Å². The van der Waals surface area contributed by atoms with Crippen LogP contribution >= 0.6 is 22.7 Å². The summed E-state index contributed by atoms with van der Waals surface area (Å²) in [4.78, 5) is 7.35. The largest absolute Gasteiger partial charge is 0.317 e. The van der Waals surface area contributed by atoms with Crippen LogP contribution in [0.2, 0.25) is 0 Å². The third kappa shape index (κ3) is 4.13. The van der Waals surface area contributed by atoms with Crippen LogP contribution in [0.4, 0.5) is 0 Å². The van der Waals surface area contributed by atoms with E-state index < -0.39 is 0 Å². The predicted octanol–water partition coefficient (Wildman–Crippen LogP) is 3.69. The molecule has 0 aliphatic carbocycles. The first-order valence-corrected chi connectivity index (χ1v) is 9.57. The highest BCUT2D eigenvalue weighted by atomic mass is 32.1. The van der Waals surface area contributed by atoms with Gasteiger partial charge in [-0.1, -0.05) is 6.92 Å². The van der Waals surface area contributed by atoms with E-state index >= 15 is 0 Å². The molecule has 0 saturated carbocycles. The molecule has 0 atom stereocenters. The lowest BCUT2D eigenvalue weighted by Crippen LogP contribution is -2.35. The Morgan fingerprint density at radius 1 is 1.33 bits per heavy atom. The van der Waals surface area contributed by atoms with E-state index in [-0.39, 0.29) is 0 Å². The summed E-state index contributed by atoms with van der Waals surface area (Å²) in [5.41, 5.74) is 2.48. The van der Waals surface area contributed by atoms with Crippen molar-refractivity contribution in [1.82, 2.24) is 15.2 Å². The zero-order valence-electron chi connectivity index (χ0n) is 12.5. The molecular formula is C16H23N3S2. The first kappa shape index (κ1) is 15.2. The molecule has 0 unspecified atom stereocenters. The van der Waals surface area contributed by atoms with Crippen LogP contribution in [0, 0.1) is 5.92 Å². The summed E-state index contributed by atoms with van der Waals surface area (Å²) < 4.78 is 0. The molecule has 0 amide bonds. The maximum atomic E-state index is 4.80. The van der Waals surface area contributed by atoms with E-state index in [2.05, 4.69) is 39.3 Å². The molecule has 1 saturated heterocycles. The Bertz CT molecular complexity index is 529. The van der Waals surface area contributed by atoms with Crippen LogP contribution in [0.15, 0.2) is 22.2 Å². The minimum Gasteiger partial charge on any atom is -0.317 e. The molecule has 1 fully saturated rings. The number of nitrogens with one attached hydrogen (secondary N) is 1. The van der Waals surface area contributed by atoms with Crippen LogP contribution in [-0.4, -0.2) is 36.1 Å². The highest BCUT2D eigenvalue weighted by Crippen LogP contribution is 2.26. The van der Waals surface area contributed by atoms with E-state index in [1.54, 1.807) is 22.7 Å². The number of nitrogens with zero attached hydrogens (tertiary/aromatic N) is 2. The van der Waals surface area contributed by atoms with Gasteiger partial charge in [0, 0.05) is 29.4 Å². The van der Waals surface area contributed by atoms with Crippen LogP contribution in [-0.2, 0) is 6.54 Å². The number of hydrogen-bond donors (Lipinski definition) is 1. The van der Waals surface area contributed by atoms with Crippen LogP contribution < -0.4 is 5.32 Å². The van der Waals surface area contributed by atoms with E-state index in [0.29, 0.717) is 0 Å². The molecular weight excluding hydrogens is 298 g/mol. The Hall–Kier alpha value is -0.750. The first-order valence-electron chi connectivity index (χ1n) is 7.75. The summed E-state index contributed by atoms with van der Waals surface area (Å²) in [5.74, 6) is 0.848. The second kappa shape index (κ2) is 7.49. The number of piperidine rings is 1. The standard InChI is InChI=1S/C16H23N3S2/c1-2-19(9-13-3-6-17-7-4-13)10-15-12-21-16(18-15)14-5-8-20-11-14/h5,8,11-13,17H,2-4,6-7,9-10H2,1H3. The van der Waals surface area contributed by atoms with Crippen molar-refractivity contribution in [3.8, 4) is 10.6 Å². The Balaban J connectivity index is 1.58. The van der Waals surface area contributed by atoms with Gasteiger partial charge in [0.05, 0.1) is 5.69 Å². The van der Waals surface area contributed by atoms with Crippen LogP contribution in [0.1, 0.15) is 25.5 Å². The lowest BCUT2D eigenvalue weighted by atomic mass is 9.97. The van der Waals surface area contributed by atoms with Crippen molar-refractivity contribution in [1.29, 1.82) is 0 Å². The van der Waals surface area contributed by atoms with Crippen LogP contribution in [0.5, 0.6) is 0 Å². The summed E-state index contributed by atoms with van der Waals surface area (Å²) in [5, 5.41) is 11.1. The molecule has 0 spiro atoms. The van der Waals surface area contributed by atoms with Gasteiger partial charge in [-0.15, -0.1) is 11.3 Å². The minimum atomic E-state index is 0.848. The summed E-state index contributed by atoms with van der Waals surface area (Å²) in [6.07, 6.45) is 2.63. The third-order valence-corrected chi connectivity index (χ3v) is 5.75. The van der Waals surface area contributed by atoms with Gasteiger partial charge in [0.2, 0.25) is 0 Å². The van der Waals surface area contributed by atoms with Crippen molar-refractivity contribution < 1.29 is 0 Å². The Kier molecular flexibility index (Phi) is 5.41. The average Bonchev–Trinajstić information content (AvgIpc) is 3.18. The van der Waals surface area contributed by atoms with Gasteiger partial charge in [0.1, 0.15) is 5.01 Å². The Morgan fingerprint density at radius 2 is 2.19 bits per heavy atom. The lowest BCUT2D eigenvalue weighted by Gasteiger charge is -2.28. The number of rotatable bonds is 6. The number of thiophene rings is 1. The number of aromatic nitrogens is 1. The fraction of sp³-hybridized carbons (Fsp3) is 0.562. The molecule has 1 N–H and O–H groups in total. The van der Waals surface area contributed by atoms with E-state index in [9.17, 15) is 0 Å². The van der Waals surface area contributed by atoms with Crippen LogP contribution in [0.25, 0.3) is 10.6 Å². The van der Waals surface area contributed by atoms with Crippen molar-refractivity contribution in [2.24, 2.45) is 5.92 Å².